The van der Waals surface area contributed by atoms with Gasteiger partial charge in [0, 0.05) is 22.6 Å². The standard InChI is InChI=1S/C22H19ClN2O4/c23-18-8-6-15(7-9-18)22-24-20(29-25-22)10-11-21(27)28-13-19(26)17-5-4-14-2-1-3-16(14)12-17/h4-9,12H,1-3,10-11,13H2. The lowest BCUT2D eigenvalue weighted by atomic mass is 10.0. The molecule has 1 aliphatic carbocycles. The first-order chi connectivity index (χ1) is 14.1. The maximum atomic E-state index is 12.3. The van der Waals surface area contributed by atoms with Crippen LogP contribution in [0.15, 0.2) is 47.0 Å². The van der Waals surface area contributed by atoms with Gasteiger partial charge in [0.25, 0.3) is 0 Å². The van der Waals surface area contributed by atoms with Crippen LogP contribution in [0.3, 0.4) is 0 Å². The van der Waals surface area contributed by atoms with Gasteiger partial charge in [-0.1, -0.05) is 28.9 Å². The summed E-state index contributed by atoms with van der Waals surface area (Å²) < 4.78 is 10.3. The summed E-state index contributed by atoms with van der Waals surface area (Å²) in [5.41, 5.74) is 3.88. The van der Waals surface area contributed by atoms with E-state index in [1.54, 1.807) is 30.3 Å². The molecule has 1 heterocycles. The Balaban J connectivity index is 1.26. The van der Waals surface area contributed by atoms with E-state index >= 15 is 0 Å². The fourth-order valence-corrected chi connectivity index (χ4v) is 3.45. The van der Waals surface area contributed by atoms with E-state index in [1.807, 2.05) is 12.1 Å². The van der Waals surface area contributed by atoms with Crippen molar-refractivity contribution in [2.75, 3.05) is 6.61 Å². The molecule has 1 aliphatic rings. The SMILES string of the molecule is O=C(CCc1nc(-c2ccc(Cl)cc2)no1)OCC(=O)c1ccc2c(c1)CCC2. The van der Waals surface area contributed by atoms with E-state index < -0.39 is 5.97 Å². The molecule has 2 aromatic carbocycles. The van der Waals surface area contributed by atoms with Gasteiger partial charge in [-0.25, -0.2) is 0 Å². The van der Waals surface area contributed by atoms with E-state index in [2.05, 4.69) is 10.1 Å². The Kier molecular flexibility index (Phi) is 5.71. The number of aromatic nitrogens is 2. The molecule has 6 nitrogen and oxygen atoms in total. The van der Waals surface area contributed by atoms with E-state index in [1.165, 1.54) is 11.1 Å². The lowest BCUT2D eigenvalue weighted by Gasteiger charge is -2.05. The van der Waals surface area contributed by atoms with Crippen molar-refractivity contribution in [1.82, 2.24) is 10.1 Å². The molecule has 0 saturated carbocycles. The molecule has 29 heavy (non-hydrogen) atoms. The van der Waals surface area contributed by atoms with Crippen molar-refractivity contribution in [3.8, 4) is 11.4 Å². The van der Waals surface area contributed by atoms with Crippen molar-refractivity contribution in [2.45, 2.75) is 32.1 Å². The van der Waals surface area contributed by atoms with Crippen molar-refractivity contribution < 1.29 is 18.8 Å². The summed E-state index contributed by atoms with van der Waals surface area (Å²) in [6, 6.07) is 12.8. The Labute approximate surface area is 172 Å². The van der Waals surface area contributed by atoms with Crippen LogP contribution in [-0.2, 0) is 28.8 Å². The Morgan fingerprint density at radius 1 is 1.07 bits per heavy atom. The summed E-state index contributed by atoms with van der Waals surface area (Å²) in [4.78, 5) is 28.5. The molecule has 3 aromatic rings. The molecule has 0 saturated heterocycles. The Bertz CT molecular complexity index is 1040. The van der Waals surface area contributed by atoms with Crippen LogP contribution < -0.4 is 0 Å². The van der Waals surface area contributed by atoms with E-state index in [9.17, 15) is 9.59 Å². The number of carbonyl (C=O) groups excluding carboxylic acids is 2. The predicted octanol–water partition coefficient (Wildman–Crippen LogP) is 4.24. The molecule has 1 aromatic heterocycles. The number of Topliss-reactive ketones (excluding diaryl/α,β-unsaturated/α-hetero) is 1. The highest BCUT2D eigenvalue weighted by Crippen LogP contribution is 2.23. The fraction of sp³-hybridized carbons (Fsp3) is 0.273. The first kappa shape index (κ1) is 19.3. The number of hydrogen-bond donors (Lipinski definition) is 0. The number of ketones is 1. The summed E-state index contributed by atoms with van der Waals surface area (Å²) in [5, 5.41) is 4.52. The van der Waals surface area contributed by atoms with Gasteiger partial charge in [-0.2, -0.15) is 4.98 Å². The minimum absolute atomic E-state index is 0.0553. The van der Waals surface area contributed by atoms with E-state index in [0.29, 0.717) is 22.3 Å². The molecular formula is C22H19ClN2O4. The van der Waals surface area contributed by atoms with Crippen LogP contribution >= 0.6 is 11.6 Å². The largest absolute Gasteiger partial charge is 0.457 e. The third kappa shape index (κ3) is 4.71. The lowest BCUT2D eigenvalue weighted by Crippen LogP contribution is -2.14. The van der Waals surface area contributed by atoms with Gasteiger partial charge in [-0.05, 0) is 60.7 Å². The third-order valence-electron chi connectivity index (χ3n) is 4.90. The Morgan fingerprint density at radius 2 is 1.86 bits per heavy atom. The fourth-order valence-electron chi connectivity index (χ4n) is 3.33. The van der Waals surface area contributed by atoms with Gasteiger partial charge in [-0.15, -0.1) is 0 Å². The number of carbonyl (C=O) groups is 2. The molecule has 0 fully saturated rings. The topological polar surface area (TPSA) is 82.3 Å². The molecule has 0 aliphatic heterocycles. The van der Waals surface area contributed by atoms with Crippen molar-refractivity contribution in [2.24, 2.45) is 0 Å². The van der Waals surface area contributed by atoms with Crippen molar-refractivity contribution in [3.05, 3.63) is 70.1 Å². The average molecular weight is 411 g/mol. The number of ether oxygens (including phenoxy) is 1. The van der Waals surface area contributed by atoms with Crippen molar-refractivity contribution >= 4 is 23.4 Å². The molecule has 0 amide bonds. The zero-order valence-corrected chi connectivity index (χ0v) is 16.4. The molecule has 0 bridgehead atoms. The first-order valence-corrected chi connectivity index (χ1v) is 9.85. The number of hydrogen-bond acceptors (Lipinski definition) is 6. The van der Waals surface area contributed by atoms with Crippen LogP contribution in [0.25, 0.3) is 11.4 Å². The van der Waals surface area contributed by atoms with E-state index in [-0.39, 0.29) is 25.2 Å². The first-order valence-electron chi connectivity index (χ1n) is 9.47. The van der Waals surface area contributed by atoms with Crippen LogP contribution in [0.2, 0.25) is 5.02 Å². The maximum Gasteiger partial charge on any atom is 0.306 e. The molecule has 148 valence electrons. The zero-order valence-electron chi connectivity index (χ0n) is 15.7. The highest BCUT2D eigenvalue weighted by molar-refractivity contribution is 6.30. The quantitative estimate of drug-likeness (QED) is 0.428. The molecule has 0 radical (unpaired) electrons. The summed E-state index contributed by atoms with van der Waals surface area (Å²) in [6.45, 7) is -0.266. The third-order valence-corrected chi connectivity index (χ3v) is 5.15. The second kappa shape index (κ2) is 8.57. The van der Waals surface area contributed by atoms with Crippen molar-refractivity contribution in [3.63, 3.8) is 0 Å². The summed E-state index contributed by atoms with van der Waals surface area (Å²) >= 11 is 5.87. The summed E-state index contributed by atoms with van der Waals surface area (Å²) in [5.74, 6) is 0.0790. The molecule has 0 N–H and O–H groups in total. The highest BCUT2D eigenvalue weighted by atomic mass is 35.5. The molecule has 0 spiro atoms. The smallest absolute Gasteiger partial charge is 0.306 e. The van der Waals surface area contributed by atoms with Crippen LogP contribution in [0.4, 0.5) is 0 Å². The Hall–Kier alpha value is -2.99. The van der Waals surface area contributed by atoms with Crippen LogP contribution in [0.1, 0.15) is 40.2 Å². The van der Waals surface area contributed by atoms with Crippen molar-refractivity contribution in [1.29, 1.82) is 0 Å². The minimum Gasteiger partial charge on any atom is -0.457 e. The van der Waals surface area contributed by atoms with Crippen LogP contribution in [0, 0.1) is 0 Å². The van der Waals surface area contributed by atoms with Gasteiger partial charge in [0.1, 0.15) is 0 Å². The maximum absolute atomic E-state index is 12.3. The monoisotopic (exact) mass is 410 g/mol. The number of nitrogens with zero attached hydrogens (tertiary/aromatic N) is 2. The van der Waals surface area contributed by atoms with Gasteiger partial charge < -0.3 is 9.26 Å². The molecule has 0 unspecified atom stereocenters. The number of halogens is 1. The number of fused-ring (bicyclic) bond motifs is 1. The molecule has 7 heteroatoms. The molecule has 0 atom stereocenters. The number of esters is 1. The summed E-state index contributed by atoms with van der Waals surface area (Å²) in [6.07, 6.45) is 3.48. The van der Waals surface area contributed by atoms with Gasteiger partial charge >= 0.3 is 5.97 Å². The number of aryl methyl sites for hydroxylation is 3. The highest BCUT2D eigenvalue weighted by Gasteiger charge is 2.16. The van der Waals surface area contributed by atoms with E-state index in [0.717, 1.165) is 24.8 Å². The van der Waals surface area contributed by atoms with Crippen LogP contribution in [-0.4, -0.2) is 28.5 Å². The number of rotatable bonds is 7. The van der Waals surface area contributed by atoms with Gasteiger partial charge in [0.15, 0.2) is 12.4 Å². The van der Waals surface area contributed by atoms with Gasteiger partial charge in [0.2, 0.25) is 11.7 Å². The summed E-state index contributed by atoms with van der Waals surface area (Å²) in [7, 11) is 0. The average Bonchev–Trinajstić information content (AvgIpc) is 3.40. The van der Waals surface area contributed by atoms with Crippen LogP contribution in [0.5, 0.6) is 0 Å². The molecular weight excluding hydrogens is 392 g/mol. The zero-order chi connectivity index (χ0) is 20.2. The second-order valence-corrected chi connectivity index (χ2v) is 7.38. The van der Waals surface area contributed by atoms with E-state index in [4.69, 9.17) is 20.9 Å². The normalized spacial score (nSPS) is 12.6. The van der Waals surface area contributed by atoms with Gasteiger partial charge in [0.05, 0.1) is 6.42 Å². The minimum atomic E-state index is -0.481. The molecule has 4 rings (SSSR count). The van der Waals surface area contributed by atoms with Gasteiger partial charge in [-0.3, -0.25) is 9.59 Å². The number of benzene rings is 2. The lowest BCUT2D eigenvalue weighted by molar-refractivity contribution is -0.142. The predicted molar refractivity (Wildman–Crippen MR) is 107 cm³/mol. The Morgan fingerprint density at radius 3 is 2.69 bits per heavy atom. The second-order valence-electron chi connectivity index (χ2n) is 6.94.